The van der Waals surface area contributed by atoms with Gasteiger partial charge in [-0.2, -0.15) is 13.8 Å². The van der Waals surface area contributed by atoms with Crippen LogP contribution in [0, 0.1) is 6.42 Å². The second-order valence-corrected chi connectivity index (χ2v) is 14.0. The molecule has 0 radical (unpaired) electrons. The van der Waals surface area contributed by atoms with Crippen LogP contribution in [0.2, 0.25) is 0 Å². The van der Waals surface area contributed by atoms with Crippen molar-refractivity contribution < 1.29 is 26.4 Å². The summed E-state index contributed by atoms with van der Waals surface area (Å²) in [4.78, 5) is 13.4. The molecule has 30 heavy (non-hydrogen) atoms. The maximum atomic E-state index is 13.4. The molecule has 2 aromatic carbocycles. The van der Waals surface area contributed by atoms with E-state index in [2.05, 4.69) is 41.5 Å². The predicted molar refractivity (Wildman–Crippen MR) is 129 cm³/mol. The summed E-state index contributed by atoms with van der Waals surface area (Å²) in [7, 11) is -1.10. The molecule has 0 saturated carbocycles. The normalized spacial score (nSPS) is 13.5. The van der Waals surface area contributed by atoms with E-state index in [-0.39, 0.29) is 32.6 Å². The predicted octanol–water partition coefficient (Wildman–Crippen LogP) is 6.80. The van der Waals surface area contributed by atoms with E-state index in [9.17, 15) is 9.90 Å². The van der Waals surface area contributed by atoms with E-state index in [1.165, 1.54) is 0 Å². The Morgan fingerprint density at radius 1 is 0.833 bits per heavy atom. The Labute approximate surface area is 195 Å². The third-order valence-electron chi connectivity index (χ3n) is 4.91. The molecule has 2 rings (SSSR count). The van der Waals surface area contributed by atoms with E-state index >= 15 is 0 Å². The standard InChI is InChI=1S/C23H31O2P.C3H7.Ni/c1-21(2,3)26(22(4,5)6)17-23(25,19-15-11-8-12-16-19)20(24)18-13-9-7-10-14-18;1-3-2;/h7-16,25H,17H2,1-6H3;3H,1-2H3;/q;-1;/p+1. The van der Waals surface area contributed by atoms with Crippen LogP contribution >= 0.6 is 7.92 Å². The third kappa shape index (κ3) is 7.92. The number of Topliss-reactive ketones (excluding diaryl/α,β-unsaturated/α-hetero) is 1. The van der Waals surface area contributed by atoms with Crippen LogP contribution in [0.3, 0.4) is 0 Å². The zero-order valence-electron chi connectivity index (χ0n) is 19.7. The van der Waals surface area contributed by atoms with Crippen LogP contribution in [0.25, 0.3) is 0 Å². The Bertz CT molecular complexity index is 734. The van der Waals surface area contributed by atoms with Crippen LogP contribution in [0.15, 0.2) is 60.7 Å². The molecular formula is C26H39NiO2P. The molecule has 1 N–H and O–H groups in total. The summed E-state index contributed by atoms with van der Waals surface area (Å²) >= 11 is 0. The first kappa shape index (κ1) is 29.0. The molecule has 0 aliphatic heterocycles. The van der Waals surface area contributed by atoms with Crippen molar-refractivity contribution in [2.45, 2.75) is 71.3 Å². The number of hydrogen-bond acceptors (Lipinski definition) is 2. The second kappa shape index (κ2) is 12.1. The van der Waals surface area contributed by atoms with Gasteiger partial charge in [-0.3, -0.25) is 4.79 Å². The number of hydrogen-bond donors (Lipinski definition) is 1. The van der Waals surface area contributed by atoms with Gasteiger partial charge in [0, 0.05) is 30.0 Å². The molecule has 1 atom stereocenters. The van der Waals surface area contributed by atoms with E-state index in [0.29, 0.717) is 17.3 Å². The van der Waals surface area contributed by atoms with Crippen LogP contribution in [0.5, 0.6) is 0 Å². The summed E-state index contributed by atoms with van der Waals surface area (Å²) in [6.45, 7) is 17.4. The van der Waals surface area contributed by atoms with Crippen molar-refractivity contribution >= 4 is 13.7 Å². The van der Waals surface area contributed by atoms with Gasteiger partial charge in [0.1, 0.15) is 0 Å². The first-order valence-electron chi connectivity index (χ1n) is 10.4. The number of benzene rings is 2. The van der Waals surface area contributed by atoms with Gasteiger partial charge in [0.15, 0.2) is 5.60 Å². The molecule has 0 saturated heterocycles. The topological polar surface area (TPSA) is 37.3 Å². The van der Waals surface area contributed by atoms with E-state index in [1.54, 1.807) is 12.1 Å². The summed E-state index contributed by atoms with van der Waals surface area (Å²) in [5, 5.41) is 11.9. The summed E-state index contributed by atoms with van der Waals surface area (Å²) in [5.74, 6) is -0.208. The van der Waals surface area contributed by atoms with Crippen molar-refractivity contribution in [1.29, 1.82) is 0 Å². The minimum Gasteiger partial charge on any atom is -0.374 e. The molecular weight excluding hydrogens is 434 g/mol. The van der Waals surface area contributed by atoms with Gasteiger partial charge in [0.25, 0.3) is 0 Å². The maximum absolute atomic E-state index is 13.4. The Hall–Kier alpha value is -1.01. The SMILES string of the molecule is CC(C)(C)[PH+](CC(O)(C(=O)c1ccccc1)c1ccccc1)C(C)(C)C.C[CH-]C.[Ni]. The van der Waals surface area contributed by atoms with Crippen molar-refractivity contribution in [3.63, 3.8) is 0 Å². The monoisotopic (exact) mass is 472 g/mol. The third-order valence-corrected chi connectivity index (χ3v) is 9.39. The minimum atomic E-state index is -1.50. The van der Waals surface area contributed by atoms with E-state index < -0.39 is 13.5 Å². The average molecular weight is 473 g/mol. The molecule has 170 valence electrons. The zero-order valence-corrected chi connectivity index (χ0v) is 21.7. The van der Waals surface area contributed by atoms with Crippen LogP contribution in [-0.2, 0) is 22.1 Å². The molecule has 0 fully saturated rings. The van der Waals surface area contributed by atoms with Gasteiger partial charge < -0.3 is 11.5 Å². The quantitative estimate of drug-likeness (QED) is 0.225. The van der Waals surface area contributed by atoms with Gasteiger partial charge in [0.2, 0.25) is 5.78 Å². The fourth-order valence-electron chi connectivity index (χ4n) is 3.77. The molecule has 0 aliphatic carbocycles. The van der Waals surface area contributed by atoms with Gasteiger partial charge in [-0.25, -0.2) is 0 Å². The van der Waals surface area contributed by atoms with Gasteiger partial charge >= 0.3 is 0 Å². The van der Waals surface area contributed by atoms with Crippen LogP contribution in [0.4, 0.5) is 0 Å². The van der Waals surface area contributed by atoms with Crippen LogP contribution in [-0.4, -0.2) is 27.4 Å². The molecule has 0 spiro atoms. The molecule has 2 aromatic rings. The van der Waals surface area contributed by atoms with E-state index in [0.717, 1.165) is 0 Å². The number of aliphatic hydroxyl groups is 1. The van der Waals surface area contributed by atoms with Gasteiger partial charge in [-0.15, -0.1) is 0 Å². The summed E-state index contributed by atoms with van der Waals surface area (Å²) in [5.41, 5.74) is -0.259. The average Bonchev–Trinajstić information content (AvgIpc) is 2.65. The number of carbonyl (C=O) groups excluding carboxylic acids is 1. The molecule has 0 aromatic heterocycles. The number of ketones is 1. The van der Waals surface area contributed by atoms with Crippen molar-refractivity contribution in [2.75, 3.05) is 6.16 Å². The minimum absolute atomic E-state index is 0. The fourth-order valence-corrected chi connectivity index (χ4v) is 7.95. The molecule has 1 unspecified atom stereocenters. The molecule has 0 heterocycles. The molecule has 0 amide bonds. The molecule has 0 bridgehead atoms. The molecule has 2 nitrogen and oxygen atoms in total. The number of carbonyl (C=O) groups is 1. The van der Waals surface area contributed by atoms with Crippen molar-refractivity contribution in [2.24, 2.45) is 0 Å². The van der Waals surface area contributed by atoms with E-state index in [4.69, 9.17) is 0 Å². The van der Waals surface area contributed by atoms with Crippen molar-refractivity contribution in [3.05, 3.63) is 78.2 Å². The van der Waals surface area contributed by atoms with Crippen LogP contribution < -0.4 is 0 Å². The smallest absolute Gasteiger partial charge is 0.202 e. The first-order valence-corrected chi connectivity index (χ1v) is 12.1. The van der Waals surface area contributed by atoms with Gasteiger partial charge in [0.05, 0.1) is 16.5 Å². The molecule has 0 aliphatic rings. The molecule has 4 heteroatoms. The van der Waals surface area contributed by atoms with Crippen LogP contribution in [0.1, 0.15) is 71.3 Å². The summed E-state index contributed by atoms with van der Waals surface area (Å²) < 4.78 is 0. The Balaban J connectivity index is 0.00000198. The van der Waals surface area contributed by atoms with Gasteiger partial charge in [-0.1, -0.05) is 60.7 Å². The summed E-state index contributed by atoms with van der Waals surface area (Å²) in [6.07, 6.45) is 2.49. The Morgan fingerprint density at radius 2 is 1.20 bits per heavy atom. The Morgan fingerprint density at radius 3 is 1.57 bits per heavy atom. The van der Waals surface area contributed by atoms with Gasteiger partial charge in [-0.05, 0) is 47.1 Å². The second-order valence-electron chi connectivity index (χ2n) is 9.65. The maximum Gasteiger partial charge on any atom is 0.202 e. The summed E-state index contributed by atoms with van der Waals surface area (Å²) in [6, 6.07) is 18.6. The fraction of sp³-hybridized carbons (Fsp3) is 0.462. The Kier molecular flexibility index (Phi) is 11.7. The van der Waals surface area contributed by atoms with Crippen molar-refractivity contribution in [1.82, 2.24) is 0 Å². The largest absolute Gasteiger partial charge is 0.374 e. The number of rotatable bonds is 5. The first-order chi connectivity index (χ1) is 13.4. The van der Waals surface area contributed by atoms with Crippen molar-refractivity contribution in [3.8, 4) is 0 Å². The van der Waals surface area contributed by atoms with E-state index in [1.807, 2.05) is 68.8 Å². The zero-order chi connectivity index (χ0) is 22.3.